The van der Waals surface area contributed by atoms with Crippen LogP contribution in [0.2, 0.25) is 0 Å². The Balaban J connectivity index is 1.98. The van der Waals surface area contributed by atoms with Gasteiger partial charge in [-0.15, -0.1) is 0 Å². The van der Waals surface area contributed by atoms with Gasteiger partial charge in [-0.3, -0.25) is 19.6 Å². The standard InChI is InChI=1S/C27H31FN4O5/c1-4-32-23(10-9-21(33)11-22(34)12-24(35)36)25(18-5-7-19(28)8-6-18)17(3)26(32)27(37)31-15-20-14-29-16(2)13-30-20/h5-10,13-14,21-22,33-34H,4,11-12,15H2,1-3H3,(H,31,37)(H,35,36)/b10-9+/t21-,22-/m1/s1. The number of hydrogen-bond donors (Lipinski definition) is 4. The number of aliphatic carboxylic acids is 1. The summed E-state index contributed by atoms with van der Waals surface area (Å²) in [7, 11) is 0. The molecule has 3 aromatic rings. The highest BCUT2D eigenvalue weighted by molar-refractivity contribution is 5.98. The van der Waals surface area contributed by atoms with Gasteiger partial charge in [-0.05, 0) is 50.1 Å². The lowest BCUT2D eigenvalue weighted by Crippen LogP contribution is -2.27. The number of aromatic nitrogens is 3. The van der Waals surface area contributed by atoms with E-state index in [9.17, 15) is 24.2 Å². The molecule has 196 valence electrons. The molecule has 1 amide bonds. The van der Waals surface area contributed by atoms with E-state index >= 15 is 0 Å². The minimum absolute atomic E-state index is 0.161. The first-order valence-corrected chi connectivity index (χ1v) is 11.9. The highest BCUT2D eigenvalue weighted by Crippen LogP contribution is 2.34. The fourth-order valence-electron chi connectivity index (χ4n) is 4.15. The van der Waals surface area contributed by atoms with Gasteiger partial charge in [0, 0.05) is 30.4 Å². The molecule has 4 N–H and O–H groups in total. The van der Waals surface area contributed by atoms with Crippen LogP contribution >= 0.6 is 0 Å². The van der Waals surface area contributed by atoms with Gasteiger partial charge in [0.25, 0.3) is 5.91 Å². The van der Waals surface area contributed by atoms with Crippen LogP contribution in [-0.2, 0) is 17.9 Å². The summed E-state index contributed by atoms with van der Waals surface area (Å²) in [6.07, 6.45) is 3.33. The molecule has 0 saturated carbocycles. The minimum Gasteiger partial charge on any atom is -0.481 e. The molecule has 10 heteroatoms. The topological polar surface area (TPSA) is 138 Å². The molecule has 0 aliphatic heterocycles. The molecule has 0 aliphatic rings. The summed E-state index contributed by atoms with van der Waals surface area (Å²) >= 11 is 0. The summed E-state index contributed by atoms with van der Waals surface area (Å²) in [5.74, 6) is -1.89. The van der Waals surface area contributed by atoms with Crippen LogP contribution in [0.25, 0.3) is 17.2 Å². The predicted octanol–water partition coefficient (Wildman–Crippen LogP) is 3.25. The van der Waals surface area contributed by atoms with E-state index in [-0.39, 0.29) is 18.9 Å². The third-order valence-corrected chi connectivity index (χ3v) is 5.88. The Morgan fingerprint density at radius 2 is 1.84 bits per heavy atom. The third-order valence-electron chi connectivity index (χ3n) is 5.88. The van der Waals surface area contributed by atoms with Gasteiger partial charge < -0.3 is 25.2 Å². The number of hydrogen-bond acceptors (Lipinski definition) is 6. The fraction of sp³-hybridized carbons (Fsp3) is 0.333. The molecule has 0 bridgehead atoms. The zero-order chi connectivity index (χ0) is 27.1. The van der Waals surface area contributed by atoms with Crippen molar-refractivity contribution in [3.8, 4) is 11.1 Å². The number of aliphatic hydroxyl groups excluding tert-OH is 2. The van der Waals surface area contributed by atoms with Crippen molar-refractivity contribution in [3.05, 3.63) is 76.9 Å². The summed E-state index contributed by atoms with van der Waals surface area (Å²) in [5, 5.41) is 31.9. The summed E-state index contributed by atoms with van der Waals surface area (Å²) < 4.78 is 15.4. The summed E-state index contributed by atoms with van der Waals surface area (Å²) in [4.78, 5) is 32.6. The monoisotopic (exact) mass is 510 g/mol. The van der Waals surface area contributed by atoms with Crippen LogP contribution in [0.4, 0.5) is 4.39 Å². The number of aliphatic hydroxyl groups is 2. The number of halogens is 1. The fourth-order valence-corrected chi connectivity index (χ4v) is 4.15. The number of nitrogens with zero attached hydrogens (tertiary/aromatic N) is 3. The molecule has 0 spiro atoms. The van der Waals surface area contributed by atoms with Gasteiger partial charge in [-0.25, -0.2) is 4.39 Å². The van der Waals surface area contributed by atoms with Crippen LogP contribution in [0.5, 0.6) is 0 Å². The summed E-state index contributed by atoms with van der Waals surface area (Å²) in [6.45, 7) is 6.10. The maximum atomic E-state index is 13.6. The van der Waals surface area contributed by atoms with E-state index < -0.39 is 30.4 Å². The molecule has 0 unspecified atom stereocenters. The van der Waals surface area contributed by atoms with Crippen molar-refractivity contribution in [1.82, 2.24) is 19.9 Å². The molecule has 0 aliphatic carbocycles. The van der Waals surface area contributed by atoms with Crippen LogP contribution in [0.1, 0.15) is 52.9 Å². The van der Waals surface area contributed by atoms with Crippen molar-refractivity contribution in [2.24, 2.45) is 0 Å². The summed E-state index contributed by atoms with van der Waals surface area (Å²) in [5.41, 5.74) is 4.43. The largest absolute Gasteiger partial charge is 0.481 e. The molecular formula is C27H31FN4O5. The van der Waals surface area contributed by atoms with E-state index in [1.165, 1.54) is 18.2 Å². The average Bonchev–Trinajstić information content (AvgIpc) is 3.13. The molecule has 37 heavy (non-hydrogen) atoms. The second-order valence-corrected chi connectivity index (χ2v) is 8.73. The number of carbonyl (C=O) groups is 2. The van der Waals surface area contributed by atoms with Crippen molar-refractivity contribution >= 4 is 18.0 Å². The zero-order valence-corrected chi connectivity index (χ0v) is 21.0. The van der Waals surface area contributed by atoms with Crippen molar-refractivity contribution in [2.75, 3.05) is 0 Å². The lowest BCUT2D eigenvalue weighted by atomic mass is 10.00. The van der Waals surface area contributed by atoms with E-state index in [0.29, 0.717) is 40.3 Å². The highest BCUT2D eigenvalue weighted by atomic mass is 19.1. The van der Waals surface area contributed by atoms with Crippen LogP contribution in [0.15, 0.2) is 42.7 Å². The second-order valence-electron chi connectivity index (χ2n) is 8.73. The van der Waals surface area contributed by atoms with E-state index in [0.717, 1.165) is 5.69 Å². The van der Waals surface area contributed by atoms with E-state index in [1.807, 2.05) is 13.8 Å². The SMILES string of the molecule is CCn1c(/C=C/[C@@H](O)C[C@@H](O)CC(=O)O)c(-c2ccc(F)cc2)c(C)c1C(=O)NCc1cnc(C)cn1. The number of aryl methyl sites for hydroxylation is 1. The Labute approximate surface area is 214 Å². The van der Waals surface area contributed by atoms with Gasteiger partial charge in [-0.1, -0.05) is 18.2 Å². The zero-order valence-electron chi connectivity index (χ0n) is 21.0. The van der Waals surface area contributed by atoms with Gasteiger partial charge in [0.05, 0.1) is 42.8 Å². The van der Waals surface area contributed by atoms with Gasteiger partial charge in [0.1, 0.15) is 11.5 Å². The van der Waals surface area contributed by atoms with Crippen molar-refractivity contribution in [3.63, 3.8) is 0 Å². The number of rotatable bonds is 11. The lowest BCUT2D eigenvalue weighted by molar-refractivity contribution is -0.139. The molecule has 3 rings (SSSR count). The third kappa shape index (κ3) is 7.08. The van der Waals surface area contributed by atoms with E-state index in [1.54, 1.807) is 42.1 Å². The van der Waals surface area contributed by atoms with Gasteiger partial charge in [0.2, 0.25) is 0 Å². The normalized spacial score (nSPS) is 13.0. The predicted molar refractivity (Wildman–Crippen MR) is 136 cm³/mol. The Morgan fingerprint density at radius 1 is 1.14 bits per heavy atom. The maximum absolute atomic E-state index is 13.6. The maximum Gasteiger partial charge on any atom is 0.305 e. The molecule has 9 nitrogen and oxygen atoms in total. The van der Waals surface area contributed by atoms with Crippen molar-refractivity contribution in [2.45, 2.75) is 58.9 Å². The molecule has 2 aromatic heterocycles. The van der Waals surface area contributed by atoms with Gasteiger partial charge in [-0.2, -0.15) is 0 Å². The number of carbonyl (C=O) groups excluding carboxylic acids is 1. The Hall–Kier alpha value is -3.89. The van der Waals surface area contributed by atoms with Crippen LogP contribution in [-0.4, -0.2) is 53.9 Å². The van der Waals surface area contributed by atoms with Crippen LogP contribution in [0, 0.1) is 19.7 Å². The first kappa shape index (κ1) is 27.7. The lowest BCUT2D eigenvalue weighted by Gasteiger charge is -2.12. The van der Waals surface area contributed by atoms with Crippen molar-refractivity contribution in [1.29, 1.82) is 0 Å². The number of carboxylic acid groups (broad SMARTS) is 1. The minimum atomic E-state index is -1.21. The number of nitrogens with one attached hydrogen (secondary N) is 1. The quantitative estimate of drug-likeness (QED) is 0.311. The average molecular weight is 511 g/mol. The number of amides is 1. The van der Waals surface area contributed by atoms with Gasteiger partial charge >= 0.3 is 5.97 Å². The van der Waals surface area contributed by atoms with E-state index in [4.69, 9.17) is 5.11 Å². The molecule has 0 radical (unpaired) electrons. The molecule has 1 aromatic carbocycles. The first-order chi connectivity index (χ1) is 17.6. The number of benzene rings is 1. The molecule has 0 fully saturated rings. The molecule has 2 heterocycles. The number of carboxylic acids is 1. The van der Waals surface area contributed by atoms with Crippen LogP contribution < -0.4 is 5.32 Å². The van der Waals surface area contributed by atoms with Gasteiger partial charge in [0.15, 0.2) is 0 Å². The Morgan fingerprint density at radius 3 is 2.43 bits per heavy atom. The summed E-state index contributed by atoms with van der Waals surface area (Å²) in [6, 6.07) is 5.90. The second kappa shape index (κ2) is 12.4. The van der Waals surface area contributed by atoms with Crippen molar-refractivity contribution < 1.29 is 29.3 Å². The molecular weight excluding hydrogens is 479 g/mol. The van der Waals surface area contributed by atoms with E-state index in [2.05, 4.69) is 15.3 Å². The Kier molecular flexibility index (Phi) is 9.26. The first-order valence-electron chi connectivity index (χ1n) is 11.9. The Bertz CT molecular complexity index is 1270. The highest BCUT2D eigenvalue weighted by Gasteiger charge is 2.24. The smallest absolute Gasteiger partial charge is 0.305 e. The van der Waals surface area contributed by atoms with Crippen LogP contribution in [0.3, 0.4) is 0 Å². The molecule has 0 saturated heterocycles. The molecule has 2 atom stereocenters.